The molecule has 0 spiro atoms. The van der Waals surface area contributed by atoms with E-state index in [2.05, 4.69) is 7.05 Å². The normalized spacial score (nSPS) is 16.7. The number of quaternary nitrogens is 1. The minimum Gasteiger partial charge on any atom is -0.484 e. The molecular formula is C14H21N2O2+. The standard InChI is InChI=1S/C14H20N2O2/c1-12-3-5-13(6-4-12)18-11-14(17)16-9-7-15(2)8-10-16/h3-6H,7-11H2,1-2H3/p+1. The molecule has 1 N–H and O–H groups in total. The second kappa shape index (κ2) is 5.87. The topological polar surface area (TPSA) is 34.0 Å². The summed E-state index contributed by atoms with van der Waals surface area (Å²) in [4.78, 5) is 15.3. The number of carbonyl (C=O) groups is 1. The van der Waals surface area contributed by atoms with Gasteiger partial charge in [-0.3, -0.25) is 4.79 Å². The predicted octanol–water partition coefficient (Wildman–Crippen LogP) is -0.269. The van der Waals surface area contributed by atoms with Crippen LogP contribution in [-0.4, -0.2) is 50.6 Å². The van der Waals surface area contributed by atoms with Crippen molar-refractivity contribution in [1.29, 1.82) is 0 Å². The van der Waals surface area contributed by atoms with Crippen LogP contribution in [0.15, 0.2) is 24.3 Å². The number of piperazine rings is 1. The highest BCUT2D eigenvalue weighted by Crippen LogP contribution is 2.11. The third-order valence-electron chi connectivity index (χ3n) is 3.35. The molecule has 4 nitrogen and oxygen atoms in total. The van der Waals surface area contributed by atoms with Gasteiger partial charge in [-0.1, -0.05) is 17.7 Å². The van der Waals surface area contributed by atoms with Crippen LogP contribution in [0.25, 0.3) is 0 Å². The molecule has 1 saturated heterocycles. The molecule has 0 radical (unpaired) electrons. The van der Waals surface area contributed by atoms with Gasteiger partial charge in [0.15, 0.2) is 6.61 Å². The van der Waals surface area contributed by atoms with Gasteiger partial charge in [0, 0.05) is 0 Å². The second-order valence-corrected chi connectivity index (χ2v) is 4.94. The second-order valence-electron chi connectivity index (χ2n) is 4.94. The van der Waals surface area contributed by atoms with Crippen LogP contribution in [0.3, 0.4) is 0 Å². The Labute approximate surface area is 108 Å². The molecule has 1 aliphatic rings. The van der Waals surface area contributed by atoms with E-state index in [1.807, 2.05) is 36.1 Å². The summed E-state index contributed by atoms with van der Waals surface area (Å²) in [6.07, 6.45) is 0. The van der Waals surface area contributed by atoms with Gasteiger partial charge in [-0.25, -0.2) is 0 Å². The Kier molecular flexibility index (Phi) is 4.20. The van der Waals surface area contributed by atoms with E-state index in [-0.39, 0.29) is 12.5 Å². The molecule has 0 atom stereocenters. The van der Waals surface area contributed by atoms with Crippen LogP contribution in [0, 0.1) is 6.92 Å². The highest BCUT2D eigenvalue weighted by atomic mass is 16.5. The molecule has 1 fully saturated rings. The molecule has 0 bridgehead atoms. The van der Waals surface area contributed by atoms with Crippen molar-refractivity contribution < 1.29 is 14.4 Å². The average Bonchev–Trinajstić information content (AvgIpc) is 2.38. The van der Waals surface area contributed by atoms with E-state index in [0.29, 0.717) is 0 Å². The van der Waals surface area contributed by atoms with E-state index < -0.39 is 0 Å². The number of carbonyl (C=O) groups excluding carboxylic acids is 1. The number of rotatable bonds is 3. The summed E-state index contributed by atoms with van der Waals surface area (Å²) in [6, 6.07) is 7.77. The molecule has 0 saturated carbocycles. The molecule has 1 amide bonds. The van der Waals surface area contributed by atoms with Gasteiger partial charge in [0.1, 0.15) is 5.75 Å². The van der Waals surface area contributed by atoms with Crippen molar-refractivity contribution in [3.05, 3.63) is 29.8 Å². The minimum atomic E-state index is 0.0862. The summed E-state index contributed by atoms with van der Waals surface area (Å²) >= 11 is 0. The summed E-state index contributed by atoms with van der Waals surface area (Å²) in [7, 11) is 2.16. The van der Waals surface area contributed by atoms with Crippen LogP contribution >= 0.6 is 0 Å². The fraction of sp³-hybridized carbons (Fsp3) is 0.500. The number of benzene rings is 1. The zero-order valence-corrected chi connectivity index (χ0v) is 11.1. The third kappa shape index (κ3) is 3.47. The summed E-state index contributed by atoms with van der Waals surface area (Å²) < 4.78 is 5.50. The molecule has 4 heteroatoms. The number of nitrogens with one attached hydrogen (secondary N) is 1. The third-order valence-corrected chi connectivity index (χ3v) is 3.35. The van der Waals surface area contributed by atoms with Crippen LogP contribution in [-0.2, 0) is 4.79 Å². The van der Waals surface area contributed by atoms with E-state index in [9.17, 15) is 4.79 Å². The Morgan fingerprint density at radius 3 is 2.50 bits per heavy atom. The van der Waals surface area contributed by atoms with Gasteiger partial charge in [0.2, 0.25) is 0 Å². The van der Waals surface area contributed by atoms with Crippen LogP contribution in [0.4, 0.5) is 0 Å². The van der Waals surface area contributed by atoms with Gasteiger partial charge in [0.25, 0.3) is 5.91 Å². The first kappa shape index (κ1) is 12.9. The van der Waals surface area contributed by atoms with Crippen LogP contribution in [0.1, 0.15) is 5.56 Å². The van der Waals surface area contributed by atoms with Crippen molar-refractivity contribution in [1.82, 2.24) is 4.90 Å². The molecule has 1 aromatic rings. The van der Waals surface area contributed by atoms with Gasteiger partial charge in [-0.05, 0) is 19.1 Å². The number of ether oxygens (including phenoxy) is 1. The van der Waals surface area contributed by atoms with Crippen LogP contribution < -0.4 is 9.64 Å². The van der Waals surface area contributed by atoms with Crippen molar-refractivity contribution in [2.24, 2.45) is 0 Å². The molecule has 18 heavy (non-hydrogen) atoms. The van der Waals surface area contributed by atoms with Crippen molar-refractivity contribution >= 4 is 5.91 Å². The molecule has 98 valence electrons. The van der Waals surface area contributed by atoms with Crippen molar-refractivity contribution in [2.75, 3.05) is 39.8 Å². The number of aryl methyl sites for hydroxylation is 1. The first-order valence-electron chi connectivity index (χ1n) is 6.44. The lowest BCUT2D eigenvalue weighted by atomic mass is 10.2. The Hall–Kier alpha value is -1.55. The number of nitrogens with zero attached hydrogens (tertiary/aromatic N) is 1. The summed E-state index contributed by atoms with van der Waals surface area (Å²) in [5.41, 5.74) is 1.19. The van der Waals surface area contributed by atoms with E-state index in [1.165, 1.54) is 10.5 Å². The maximum atomic E-state index is 11.9. The predicted molar refractivity (Wildman–Crippen MR) is 69.9 cm³/mol. The Morgan fingerprint density at radius 2 is 1.89 bits per heavy atom. The maximum absolute atomic E-state index is 11.9. The molecule has 1 aliphatic heterocycles. The average molecular weight is 249 g/mol. The summed E-state index contributed by atoms with van der Waals surface area (Å²) in [5, 5.41) is 0. The Morgan fingerprint density at radius 1 is 1.28 bits per heavy atom. The van der Waals surface area contributed by atoms with Crippen molar-refractivity contribution in [3.63, 3.8) is 0 Å². The quantitative estimate of drug-likeness (QED) is 0.800. The number of hydrogen-bond donors (Lipinski definition) is 1. The maximum Gasteiger partial charge on any atom is 0.260 e. The summed E-state index contributed by atoms with van der Waals surface area (Å²) in [6.45, 7) is 5.89. The lowest BCUT2D eigenvalue weighted by Gasteiger charge is -2.29. The first-order chi connectivity index (χ1) is 8.65. The van der Waals surface area contributed by atoms with E-state index in [0.717, 1.165) is 31.9 Å². The smallest absolute Gasteiger partial charge is 0.260 e. The zero-order chi connectivity index (χ0) is 13.0. The Bertz CT molecular complexity index is 395. The highest BCUT2D eigenvalue weighted by Gasteiger charge is 2.21. The molecule has 1 aromatic carbocycles. The fourth-order valence-corrected chi connectivity index (χ4v) is 2.01. The van der Waals surface area contributed by atoms with Gasteiger partial charge >= 0.3 is 0 Å². The minimum absolute atomic E-state index is 0.0862. The molecule has 0 aliphatic carbocycles. The molecule has 2 rings (SSSR count). The van der Waals surface area contributed by atoms with Crippen LogP contribution in [0.2, 0.25) is 0 Å². The van der Waals surface area contributed by atoms with Crippen molar-refractivity contribution in [2.45, 2.75) is 6.92 Å². The van der Waals surface area contributed by atoms with Crippen LogP contribution in [0.5, 0.6) is 5.75 Å². The van der Waals surface area contributed by atoms with Gasteiger partial charge in [0.05, 0.1) is 33.2 Å². The number of amides is 1. The lowest BCUT2D eigenvalue weighted by Crippen LogP contribution is -3.12. The lowest BCUT2D eigenvalue weighted by molar-refractivity contribution is -0.883. The SMILES string of the molecule is Cc1ccc(OCC(=O)N2CC[NH+](C)CC2)cc1. The molecule has 1 heterocycles. The van der Waals surface area contributed by atoms with Gasteiger partial charge in [-0.2, -0.15) is 0 Å². The first-order valence-corrected chi connectivity index (χ1v) is 6.44. The van der Waals surface area contributed by atoms with E-state index >= 15 is 0 Å². The molecule has 0 unspecified atom stereocenters. The number of likely N-dealkylation sites (N-methyl/N-ethyl adjacent to an activating group) is 1. The summed E-state index contributed by atoms with van der Waals surface area (Å²) in [5.74, 6) is 0.844. The Balaban J connectivity index is 1.79. The van der Waals surface area contributed by atoms with Gasteiger partial charge in [-0.15, -0.1) is 0 Å². The number of hydrogen-bond acceptors (Lipinski definition) is 2. The molecule has 0 aromatic heterocycles. The van der Waals surface area contributed by atoms with Crippen molar-refractivity contribution in [3.8, 4) is 5.75 Å². The fourth-order valence-electron chi connectivity index (χ4n) is 2.01. The largest absolute Gasteiger partial charge is 0.484 e. The monoisotopic (exact) mass is 249 g/mol. The highest BCUT2D eigenvalue weighted by molar-refractivity contribution is 5.77. The molecular weight excluding hydrogens is 228 g/mol. The van der Waals surface area contributed by atoms with E-state index in [4.69, 9.17) is 4.74 Å². The zero-order valence-electron chi connectivity index (χ0n) is 11.1. The van der Waals surface area contributed by atoms with E-state index in [1.54, 1.807) is 0 Å². The van der Waals surface area contributed by atoms with Gasteiger partial charge < -0.3 is 14.5 Å².